The summed E-state index contributed by atoms with van der Waals surface area (Å²) in [6.07, 6.45) is 2.29. The van der Waals surface area contributed by atoms with E-state index in [0.717, 1.165) is 18.9 Å². The molecule has 0 saturated carbocycles. The smallest absolute Gasteiger partial charge is 0.352 e. The molecule has 0 radical (unpaired) electrons. The van der Waals surface area contributed by atoms with Crippen molar-refractivity contribution >= 4 is 22.8 Å². The van der Waals surface area contributed by atoms with Crippen LogP contribution in [-0.2, 0) is 4.74 Å². The second-order valence-corrected chi connectivity index (χ2v) is 5.34. The number of hydrogen-bond acceptors (Lipinski definition) is 4. The Morgan fingerprint density at radius 3 is 2.82 bits per heavy atom. The number of hydrogen-bond donors (Lipinski definition) is 2. The van der Waals surface area contributed by atoms with Crippen LogP contribution in [0.2, 0.25) is 0 Å². The number of aromatic nitrogens is 1. The van der Waals surface area contributed by atoms with Gasteiger partial charge in [0.1, 0.15) is 11.8 Å². The topological polar surface area (TPSA) is 96.5 Å². The Hall–Kier alpha value is -2.63. The molecule has 0 bridgehead atoms. The van der Waals surface area contributed by atoms with Crippen molar-refractivity contribution in [3.05, 3.63) is 45.2 Å². The van der Waals surface area contributed by atoms with Gasteiger partial charge in [-0.15, -0.1) is 0 Å². The van der Waals surface area contributed by atoms with E-state index in [4.69, 9.17) is 9.84 Å². The van der Waals surface area contributed by atoms with Crippen LogP contribution >= 0.6 is 0 Å². The molecule has 114 valence electrons. The molecule has 2 N–H and O–H groups in total. The average molecular weight is 301 g/mol. The van der Waals surface area contributed by atoms with E-state index in [1.165, 1.54) is 0 Å². The quantitative estimate of drug-likeness (QED) is 0.846. The number of carbonyl (C=O) groups is 2. The maximum atomic E-state index is 12.2. The molecule has 0 aliphatic carbocycles. The van der Waals surface area contributed by atoms with Gasteiger partial charge in [-0.2, -0.15) is 0 Å². The average Bonchev–Trinajstić information content (AvgIpc) is 2.81. The van der Waals surface area contributed by atoms with E-state index >= 15 is 0 Å². The van der Waals surface area contributed by atoms with E-state index in [9.17, 15) is 14.4 Å². The maximum absolute atomic E-state index is 12.2. The van der Waals surface area contributed by atoms with Gasteiger partial charge < -0.3 is 14.8 Å². The normalized spacial score (nSPS) is 16.6. The van der Waals surface area contributed by atoms with Gasteiger partial charge in [0, 0.05) is 11.6 Å². The van der Waals surface area contributed by atoms with E-state index < -0.39 is 17.4 Å². The summed E-state index contributed by atoms with van der Waals surface area (Å²) in [6, 6.07) is 4.35. The van der Waals surface area contributed by atoms with Crippen molar-refractivity contribution < 1.29 is 19.4 Å². The zero-order valence-corrected chi connectivity index (χ0v) is 12.0. The summed E-state index contributed by atoms with van der Waals surface area (Å²) in [5.41, 5.74) is 0.607. The lowest BCUT2D eigenvalue weighted by molar-refractivity contribution is 0.0365. The number of carboxylic acids is 1. The molecule has 6 heteroatoms. The maximum Gasteiger partial charge on any atom is 0.352 e. The summed E-state index contributed by atoms with van der Waals surface area (Å²) in [5, 5.41) is 9.19. The second kappa shape index (κ2) is 5.29. The second-order valence-electron chi connectivity index (χ2n) is 5.34. The highest BCUT2D eigenvalue weighted by atomic mass is 16.5. The van der Waals surface area contributed by atoms with Gasteiger partial charge in [-0.05, 0) is 18.9 Å². The molecule has 2 heterocycles. The largest absolute Gasteiger partial charge is 0.477 e. The van der Waals surface area contributed by atoms with Crippen LogP contribution in [0.25, 0.3) is 10.9 Å². The Balaban J connectivity index is 2.21. The first kappa shape index (κ1) is 14.3. The lowest BCUT2D eigenvalue weighted by Gasteiger charge is -2.09. The van der Waals surface area contributed by atoms with E-state index in [1.54, 1.807) is 12.1 Å². The van der Waals surface area contributed by atoms with Gasteiger partial charge in [-0.1, -0.05) is 19.4 Å². The minimum Gasteiger partial charge on any atom is -0.477 e. The van der Waals surface area contributed by atoms with Gasteiger partial charge in [-0.25, -0.2) is 9.59 Å². The van der Waals surface area contributed by atoms with E-state index in [0.29, 0.717) is 17.5 Å². The van der Waals surface area contributed by atoms with Gasteiger partial charge in [0.2, 0.25) is 0 Å². The summed E-state index contributed by atoms with van der Waals surface area (Å²) >= 11 is 0. The zero-order chi connectivity index (χ0) is 15.9. The van der Waals surface area contributed by atoms with Crippen molar-refractivity contribution in [1.29, 1.82) is 0 Å². The van der Waals surface area contributed by atoms with E-state index in [2.05, 4.69) is 11.9 Å². The van der Waals surface area contributed by atoms with Gasteiger partial charge in [0.05, 0.1) is 16.5 Å². The van der Waals surface area contributed by atoms with Crippen molar-refractivity contribution in [3.8, 4) is 0 Å². The Bertz CT molecular complexity index is 836. The number of benzene rings is 1. The highest BCUT2D eigenvalue weighted by Crippen LogP contribution is 2.36. The lowest BCUT2D eigenvalue weighted by atomic mass is 9.97. The number of carboxylic acid groups (broad SMARTS) is 1. The van der Waals surface area contributed by atoms with Crippen LogP contribution in [0.1, 0.15) is 58.7 Å². The molecule has 0 saturated heterocycles. The van der Waals surface area contributed by atoms with Crippen LogP contribution in [0.4, 0.5) is 0 Å². The molecule has 1 aliphatic rings. The molecule has 1 aromatic heterocycles. The molecule has 0 fully saturated rings. The molecule has 0 spiro atoms. The number of carbonyl (C=O) groups excluding carboxylic acids is 1. The first-order valence-corrected chi connectivity index (χ1v) is 7.17. The highest BCUT2D eigenvalue weighted by Gasteiger charge is 2.33. The number of cyclic esters (lactones) is 1. The first-order valence-electron chi connectivity index (χ1n) is 7.17. The molecule has 1 aliphatic heterocycles. The number of aromatic amines is 1. The van der Waals surface area contributed by atoms with Crippen molar-refractivity contribution in [1.82, 2.24) is 4.98 Å². The summed E-state index contributed by atoms with van der Waals surface area (Å²) in [4.78, 5) is 38.0. The molecule has 6 nitrogen and oxygen atoms in total. The number of nitrogens with one attached hydrogen (secondary N) is 1. The van der Waals surface area contributed by atoms with Crippen molar-refractivity contribution in [2.45, 2.75) is 32.3 Å². The molecule has 1 atom stereocenters. The van der Waals surface area contributed by atoms with E-state index in [-0.39, 0.29) is 22.7 Å². The molecule has 2 aromatic rings. The fourth-order valence-corrected chi connectivity index (χ4v) is 2.82. The molecular formula is C16H15NO5. The lowest BCUT2D eigenvalue weighted by Crippen LogP contribution is -2.12. The van der Waals surface area contributed by atoms with Crippen molar-refractivity contribution in [3.63, 3.8) is 0 Å². The molecular weight excluding hydrogens is 286 g/mol. The van der Waals surface area contributed by atoms with Crippen molar-refractivity contribution in [2.24, 2.45) is 0 Å². The van der Waals surface area contributed by atoms with Crippen LogP contribution in [0.5, 0.6) is 0 Å². The molecule has 3 rings (SSSR count). The summed E-state index contributed by atoms with van der Waals surface area (Å²) in [6.45, 7) is 2.05. The summed E-state index contributed by atoms with van der Waals surface area (Å²) in [7, 11) is 0. The summed E-state index contributed by atoms with van der Waals surface area (Å²) < 4.78 is 5.37. The minimum atomic E-state index is -1.22. The van der Waals surface area contributed by atoms with Crippen LogP contribution in [-0.4, -0.2) is 22.0 Å². The third-order valence-electron chi connectivity index (χ3n) is 3.88. The van der Waals surface area contributed by atoms with Gasteiger partial charge in [0.25, 0.3) is 0 Å². The van der Waals surface area contributed by atoms with Crippen LogP contribution in [0.3, 0.4) is 0 Å². The predicted molar refractivity (Wildman–Crippen MR) is 79.2 cm³/mol. The van der Waals surface area contributed by atoms with Crippen LogP contribution < -0.4 is 5.43 Å². The van der Waals surface area contributed by atoms with Crippen molar-refractivity contribution in [2.75, 3.05) is 0 Å². The number of esters is 1. The van der Waals surface area contributed by atoms with Gasteiger partial charge in [0.15, 0.2) is 5.43 Å². The molecule has 22 heavy (non-hydrogen) atoms. The summed E-state index contributed by atoms with van der Waals surface area (Å²) in [5.74, 6) is -1.74. The monoisotopic (exact) mass is 301 g/mol. The van der Waals surface area contributed by atoms with Crippen LogP contribution in [0, 0.1) is 0 Å². The standard InChI is InChI=1S/C16H15NO5/c1-2-3-4-12-8-5-6-9-14(13(8)16(21)22-12)11(18)7-10(17-9)15(19)20/h5-7,12H,2-4H2,1H3,(H,17,18)(H,19,20)/t12-/m1/s1. The number of unbranched alkanes of at least 4 members (excludes halogenated alkanes) is 1. The number of fused-ring (bicyclic) bond motifs is 3. The number of aromatic carboxylic acids is 1. The fraction of sp³-hybridized carbons (Fsp3) is 0.312. The fourth-order valence-electron chi connectivity index (χ4n) is 2.82. The Morgan fingerprint density at radius 2 is 2.14 bits per heavy atom. The Kier molecular flexibility index (Phi) is 3.44. The van der Waals surface area contributed by atoms with Crippen LogP contribution in [0.15, 0.2) is 23.0 Å². The highest BCUT2D eigenvalue weighted by molar-refractivity contribution is 6.07. The molecule has 0 unspecified atom stereocenters. The molecule has 0 amide bonds. The van der Waals surface area contributed by atoms with Gasteiger partial charge >= 0.3 is 11.9 Å². The molecule has 1 aromatic carbocycles. The predicted octanol–water partition coefficient (Wildman–Crippen LogP) is 2.63. The number of H-pyrrole nitrogens is 1. The third-order valence-corrected chi connectivity index (χ3v) is 3.88. The SMILES string of the molecule is CCCC[C@H]1OC(=O)c2c1ccc1[nH]c(C(=O)O)cc(=O)c21. The Morgan fingerprint density at radius 1 is 1.36 bits per heavy atom. The third kappa shape index (κ3) is 2.16. The van der Waals surface area contributed by atoms with E-state index in [1.807, 2.05) is 0 Å². The zero-order valence-electron chi connectivity index (χ0n) is 12.0. The number of rotatable bonds is 4. The van der Waals surface area contributed by atoms with Gasteiger partial charge in [-0.3, -0.25) is 4.79 Å². The first-order chi connectivity index (χ1) is 10.5. The number of ether oxygens (including phenoxy) is 1. The minimum absolute atomic E-state index is 0.200. The number of pyridine rings is 1. The Labute approximate surface area is 125 Å².